The Balaban J connectivity index is 1.62. The van der Waals surface area contributed by atoms with E-state index in [9.17, 15) is 14.7 Å². The Bertz CT molecular complexity index is 1240. The largest absolute Gasteiger partial charge is 0.477 e. The molecule has 1 saturated carbocycles. The summed E-state index contributed by atoms with van der Waals surface area (Å²) in [5.74, 6) is 5.78. The third-order valence-electron chi connectivity index (χ3n) is 6.45. The molecule has 35 heavy (non-hydrogen) atoms. The van der Waals surface area contributed by atoms with E-state index in [4.69, 9.17) is 0 Å². The summed E-state index contributed by atoms with van der Waals surface area (Å²) in [5, 5.41) is 9.95. The second-order valence-electron chi connectivity index (χ2n) is 9.43. The highest BCUT2D eigenvalue weighted by Crippen LogP contribution is 2.40. The molecule has 5 nitrogen and oxygen atoms in total. The maximum Gasteiger partial charge on any atom is 0.348 e. The van der Waals surface area contributed by atoms with E-state index in [0.29, 0.717) is 17.3 Å². The highest BCUT2D eigenvalue weighted by atomic mass is 32.1. The van der Waals surface area contributed by atoms with Crippen LogP contribution in [-0.4, -0.2) is 28.0 Å². The first-order valence-electron chi connectivity index (χ1n) is 12.1. The quantitative estimate of drug-likeness (QED) is 0.419. The van der Waals surface area contributed by atoms with Crippen LogP contribution in [0.15, 0.2) is 54.7 Å². The monoisotopic (exact) mass is 486 g/mol. The van der Waals surface area contributed by atoms with Gasteiger partial charge in [-0.3, -0.25) is 4.79 Å². The molecule has 4 rings (SSSR count). The zero-order valence-electron chi connectivity index (χ0n) is 20.3. The minimum absolute atomic E-state index is 0.0406. The SMILES string of the molecule is CC(C)N(c1cc(-c2ccc(C#Cc3ccccn3)cc2)sc1C(=O)O)C(=O)[C@H]1CC[C@H](C)CC1. The topological polar surface area (TPSA) is 70.5 Å². The maximum absolute atomic E-state index is 13.5. The Morgan fingerprint density at radius 3 is 2.37 bits per heavy atom. The van der Waals surface area contributed by atoms with Crippen LogP contribution in [-0.2, 0) is 4.79 Å². The Hall–Kier alpha value is -3.43. The lowest BCUT2D eigenvalue weighted by Crippen LogP contribution is -2.42. The zero-order valence-corrected chi connectivity index (χ0v) is 21.1. The number of carbonyl (C=O) groups is 2. The van der Waals surface area contributed by atoms with Crippen molar-refractivity contribution in [1.82, 2.24) is 4.98 Å². The summed E-state index contributed by atoms with van der Waals surface area (Å²) in [6.45, 7) is 6.12. The standard InChI is InChI=1S/C29H30N2O3S/c1-19(2)31(28(32)23-12-7-20(3)8-13-23)25-18-26(35-27(25)29(33)34)22-14-9-21(10-15-22)11-16-24-6-4-5-17-30-24/h4-6,9-10,14-15,17-20,23H,7-8,12-13H2,1-3H3,(H,33,34)/t20-,23-. The lowest BCUT2D eigenvalue weighted by molar-refractivity contribution is -0.123. The first-order valence-corrected chi connectivity index (χ1v) is 12.9. The molecule has 1 aliphatic rings. The molecule has 1 aromatic carbocycles. The molecule has 6 heteroatoms. The number of benzene rings is 1. The number of aromatic nitrogens is 1. The Morgan fingerprint density at radius 1 is 1.06 bits per heavy atom. The number of hydrogen-bond donors (Lipinski definition) is 1. The highest BCUT2D eigenvalue weighted by Gasteiger charge is 2.33. The molecule has 0 spiro atoms. The van der Waals surface area contributed by atoms with Crippen LogP contribution in [0.25, 0.3) is 10.4 Å². The predicted molar refractivity (Wildman–Crippen MR) is 141 cm³/mol. The van der Waals surface area contributed by atoms with Gasteiger partial charge in [0.05, 0.1) is 5.69 Å². The van der Waals surface area contributed by atoms with E-state index in [-0.39, 0.29) is 22.7 Å². The lowest BCUT2D eigenvalue weighted by Gasteiger charge is -2.33. The Kier molecular flexibility index (Phi) is 7.67. The predicted octanol–water partition coefficient (Wildman–Crippen LogP) is 6.48. The van der Waals surface area contributed by atoms with Gasteiger partial charge in [-0.25, -0.2) is 9.78 Å². The van der Waals surface area contributed by atoms with Gasteiger partial charge in [0.15, 0.2) is 0 Å². The van der Waals surface area contributed by atoms with E-state index in [0.717, 1.165) is 41.7 Å². The van der Waals surface area contributed by atoms with E-state index in [1.54, 1.807) is 11.1 Å². The molecule has 2 aromatic heterocycles. The van der Waals surface area contributed by atoms with E-state index in [1.165, 1.54) is 11.3 Å². The molecule has 0 atom stereocenters. The van der Waals surface area contributed by atoms with Gasteiger partial charge in [0.1, 0.15) is 10.6 Å². The number of nitrogens with zero attached hydrogens (tertiary/aromatic N) is 2. The fraction of sp³-hybridized carbons (Fsp3) is 0.345. The minimum atomic E-state index is -1.01. The summed E-state index contributed by atoms with van der Waals surface area (Å²) in [4.78, 5) is 32.6. The van der Waals surface area contributed by atoms with Crippen molar-refractivity contribution in [3.63, 3.8) is 0 Å². The van der Waals surface area contributed by atoms with Crippen molar-refractivity contribution >= 4 is 28.9 Å². The summed E-state index contributed by atoms with van der Waals surface area (Å²) >= 11 is 1.21. The third-order valence-corrected chi connectivity index (χ3v) is 7.62. The van der Waals surface area contributed by atoms with Crippen LogP contribution in [0.5, 0.6) is 0 Å². The van der Waals surface area contributed by atoms with Crippen LogP contribution < -0.4 is 4.90 Å². The van der Waals surface area contributed by atoms with E-state index in [2.05, 4.69) is 23.7 Å². The van der Waals surface area contributed by atoms with Gasteiger partial charge >= 0.3 is 5.97 Å². The number of aromatic carboxylic acids is 1. The molecular formula is C29H30N2O3S. The molecule has 180 valence electrons. The maximum atomic E-state index is 13.5. The van der Waals surface area contributed by atoms with Gasteiger partial charge in [-0.1, -0.05) is 31.0 Å². The molecule has 1 aliphatic carbocycles. The number of hydrogen-bond acceptors (Lipinski definition) is 4. The first-order chi connectivity index (χ1) is 16.8. The van der Waals surface area contributed by atoms with E-state index in [1.807, 2.05) is 62.4 Å². The van der Waals surface area contributed by atoms with Crippen LogP contribution in [0.4, 0.5) is 5.69 Å². The number of carbonyl (C=O) groups excluding carboxylic acids is 1. The molecule has 0 bridgehead atoms. The van der Waals surface area contributed by atoms with Gasteiger partial charge < -0.3 is 10.0 Å². The molecule has 2 heterocycles. The lowest BCUT2D eigenvalue weighted by atomic mass is 9.82. The molecule has 0 unspecified atom stereocenters. The van der Waals surface area contributed by atoms with Crippen LogP contribution in [0.2, 0.25) is 0 Å². The molecule has 0 aliphatic heterocycles. The van der Waals surface area contributed by atoms with Crippen molar-refractivity contribution in [2.45, 2.75) is 52.5 Å². The molecule has 0 radical (unpaired) electrons. The number of carboxylic acids is 1. The van der Waals surface area contributed by atoms with Gasteiger partial charge in [-0.2, -0.15) is 0 Å². The van der Waals surface area contributed by atoms with Gasteiger partial charge in [0, 0.05) is 28.6 Å². The van der Waals surface area contributed by atoms with Crippen molar-refractivity contribution in [3.8, 4) is 22.3 Å². The molecule has 1 amide bonds. The van der Waals surface area contributed by atoms with Gasteiger partial charge in [0.25, 0.3) is 0 Å². The second-order valence-corrected chi connectivity index (χ2v) is 10.5. The fourth-order valence-electron chi connectivity index (χ4n) is 4.50. The van der Waals surface area contributed by atoms with Crippen LogP contribution in [0, 0.1) is 23.7 Å². The molecule has 1 N–H and O–H groups in total. The third kappa shape index (κ3) is 5.80. The van der Waals surface area contributed by atoms with Crippen LogP contribution in [0.3, 0.4) is 0 Å². The molecular weight excluding hydrogens is 456 g/mol. The average molecular weight is 487 g/mol. The van der Waals surface area contributed by atoms with Crippen molar-refractivity contribution in [2.75, 3.05) is 4.90 Å². The van der Waals surface area contributed by atoms with E-state index < -0.39 is 5.97 Å². The molecule has 1 fully saturated rings. The minimum Gasteiger partial charge on any atom is -0.477 e. The number of amides is 1. The summed E-state index contributed by atoms with van der Waals surface area (Å²) in [6, 6.07) is 15.0. The van der Waals surface area contributed by atoms with Crippen molar-refractivity contribution in [2.24, 2.45) is 11.8 Å². The number of thiophene rings is 1. The summed E-state index contributed by atoms with van der Waals surface area (Å²) in [7, 11) is 0. The van der Waals surface area contributed by atoms with Gasteiger partial charge in [-0.15, -0.1) is 11.3 Å². The summed E-state index contributed by atoms with van der Waals surface area (Å²) < 4.78 is 0. The van der Waals surface area contributed by atoms with E-state index >= 15 is 0 Å². The molecule has 0 saturated heterocycles. The van der Waals surface area contributed by atoms with Gasteiger partial charge in [0.2, 0.25) is 5.91 Å². The van der Waals surface area contributed by atoms with Crippen molar-refractivity contribution in [1.29, 1.82) is 0 Å². The van der Waals surface area contributed by atoms with Gasteiger partial charge in [-0.05, 0) is 87.3 Å². The number of pyridine rings is 1. The van der Waals surface area contributed by atoms with Crippen molar-refractivity contribution < 1.29 is 14.7 Å². The average Bonchev–Trinajstić information content (AvgIpc) is 3.29. The fourth-order valence-corrected chi connectivity index (χ4v) is 5.50. The summed E-state index contributed by atoms with van der Waals surface area (Å²) in [5.41, 5.74) is 2.95. The molecule has 3 aromatic rings. The van der Waals surface area contributed by atoms with Crippen molar-refractivity contribution in [3.05, 3.63) is 70.9 Å². The highest BCUT2D eigenvalue weighted by molar-refractivity contribution is 7.18. The smallest absolute Gasteiger partial charge is 0.348 e. The normalized spacial score (nSPS) is 17.5. The number of carboxylic acid groups (broad SMARTS) is 1. The Morgan fingerprint density at radius 2 is 1.77 bits per heavy atom. The number of anilines is 1. The second kappa shape index (κ2) is 10.9. The number of rotatable bonds is 5. The Labute approximate surface area is 210 Å². The van der Waals surface area contributed by atoms with Crippen LogP contribution >= 0.6 is 11.3 Å². The summed E-state index contributed by atoms with van der Waals surface area (Å²) in [6.07, 6.45) is 5.52. The van der Waals surface area contributed by atoms with Crippen LogP contribution in [0.1, 0.15) is 67.4 Å². The zero-order chi connectivity index (χ0) is 24.9. The first kappa shape index (κ1) is 24.7.